The molecule has 0 spiro atoms. The molecule has 116 valence electrons. The number of hydrogen-bond donors (Lipinski definition) is 1. The molecule has 7 heteroatoms. The van der Waals surface area contributed by atoms with E-state index in [1.807, 2.05) is 13.8 Å². The first-order valence-corrected chi connectivity index (χ1v) is 6.88. The summed E-state index contributed by atoms with van der Waals surface area (Å²) < 4.78 is 1.24. The van der Waals surface area contributed by atoms with Crippen LogP contribution in [0.1, 0.15) is 30.8 Å². The molecule has 1 aromatic heterocycles. The van der Waals surface area contributed by atoms with E-state index in [9.17, 15) is 14.4 Å². The zero-order valence-electron chi connectivity index (χ0n) is 12.8. The Morgan fingerprint density at radius 3 is 2.29 bits per heavy atom. The summed E-state index contributed by atoms with van der Waals surface area (Å²) in [5.41, 5.74) is 0.830. The molecule has 0 atom stereocenters. The van der Waals surface area contributed by atoms with E-state index >= 15 is 0 Å². The number of likely N-dealkylation sites (N-methyl/N-ethyl adjacent to an activating group) is 1. The molecule has 1 rings (SSSR count). The highest BCUT2D eigenvalue weighted by Gasteiger charge is 2.17. The molecular weight excluding hydrogens is 274 g/mol. The van der Waals surface area contributed by atoms with E-state index in [0.717, 1.165) is 0 Å². The van der Waals surface area contributed by atoms with E-state index in [0.29, 0.717) is 30.0 Å². The number of carbonyl (C=O) groups excluding carboxylic acids is 1. The maximum Gasteiger partial charge on any atom is 0.348 e. The van der Waals surface area contributed by atoms with Crippen molar-refractivity contribution >= 4 is 11.9 Å². The number of carboxylic acids is 1. The van der Waals surface area contributed by atoms with Crippen LogP contribution in [0.25, 0.3) is 0 Å². The molecule has 1 heterocycles. The Kier molecular flexibility index (Phi) is 5.63. The predicted octanol–water partition coefficient (Wildman–Crippen LogP) is 0.356. The van der Waals surface area contributed by atoms with E-state index in [2.05, 4.69) is 4.98 Å². The Hall–Kier alpha value is -2.18. The standard InChI is InChI=1S/C14H21N3O4/c1-5-16(6-2)12(18)8-17-10(4)11(7-13(19)20)9(3)15-14(17)21/h5-8H2,1-4H3,(H,19,20). The van der Waals surface area contributed by atoms with Gasteiger partial charge in [-0.1, -0.05) is 0 Å². The van der Waals surface area contributed by atoms with Gasteiger partial charge in [-0.2, -0.15) is 4.98 Å². The zero-order chi connectivity index (χ0) is 16.2. The second kappa shape index (κ2) is 7.01. The summed E-state index contributed by atoms with van der Waals surface area (Å²) in [7, 11) is 0. The number of rotatable bonds is 6. The maximum atomic E-state index is 12.1. The highest BCUT2D eigenvalue weighted by Crippen LogP contribution is 2.10. The van der Waals surface area contributed by atoms with Crippen molar-refractivity contribution in [2.24, 2.45) is 0 Å². The molecule has 0 aromatic carbocycles. The van der Waals surface area contributed by atoms with E-state index in [1.54, 1.807) is 18.7 Å². The van der Waals surface area contributed by atoms with Crippen LogP contribution < -0.4 is 5.69 Å². The lowest BCUT2D eigenvalue weighted by Crippen LogP contribution is -2.38. The van der Waals surface area contributed by atoms with Crippen molar-refractivity contribution in [3.63, 3.8) is 0 Å². The summed E-state index contributed by atoms with van der Waals surface area (Å²) in [6, 6.07) is 0. The molecular formula is C14H21N3O4. The van der Waals surface area contributed by atoms with Crippen LogP contribution in [0.15, 0.2) is 4.79 Å². The summed E-state index contributed by atoms with van der Waals surface area (Å²) in [6.45, 7) is 7.97. The summed E-state index contributed by atoms with van der Waals surface area (Å²) in [5, 5.41) is 8.93. The fourth-order valence-electron chi connectivity index (χ4n) is 2.24. The number of aliphatic carboxylic acids is 1. The Morgan fingerprint density at radius 1 is 1.24 bits per heavy atom. The van der Waals surface area contributed by atoms with Gasteiger partial charge in [0.05, 0.1) is 6.42 Å². The first-order chi connectivity index (χ1) is 9.81. The number of carboxylic acid groups (broad SMARTS) is 1. The molecule has 0 radical (unpaired) electrons. The van der Waals surface area contributed by atoms with Crippen molar-refractivity contribution < 1.29 is 14.7 Å². The second-order valence-corrected chi connectivity index (χ2v) is 4.77. The monoisotopic (exact) mass is 295 g/mol. The zero-order valence-corrected chi connectivity index (χ0v) is 12.8. The molecule has 1 aromatic rings. The molecule has 0 aliphatic rings. The minimum absolute atomic E-state index is 0.119. The molecule has 0 bridgehead atoms. The van der Waals surface area contributed by atoms with Gasteiger partial charge >= 0.3 is 11.7 Å². The smallest absolute Gasteiger partial charge is 0.348 e. The predicted molar refractivity (Wildman–Crippen MR) is 77.2 cm³/mol. The van der Waals surface area contributed by atoms with Crippen molar-refractivity contribution in [3.05, 3.63) is 27.4 Å². The molecule has 7 nitrogen and oxygen atoms in total. The SMILES string of the molecule is CCN(CC)C(=O)Cn1c(C)c(CC(=O)O)c(C)nc1=O. The average Bonchev–Trinajstić information content (AvgIpc) is 2.40. The molecule has 1 amide bonds. The van der Waals surface area contributed by atoms with E-state index in [4.69, 9.17) is 5.11 Å². The van der Waals surface area contributed by atoms with Crippen molar-refractivity contribution in [1.82, 2.24) is 14.5 Å². The lowest BCUT2D eigenvalue weighted by atomic mass is 10.1. The highest BCUT2D eigenvalue weighted by atomic mass is 16.4. The van der Waals surface area contributed by atoms with Gasteiger partial charge in [0.15, 0.2) is 0 Å². The third kappa shape index (κ3) is 3.90. The van der Waals surface area contributed by atoms with Crippen molar-refractivity contribution in [2.75, 3.05) is 13.1 Å². The van der Waals surface area contributed by atoms with Crippen LogP contribution >= 0.6 is 0 Å². The van der Waals surface area contributed by atoms with Gasteiger partial charge in [-0.05, 0) is 27.7 Å². The van der Waals surface area contributed by atoms with Gasteiger partial charge in [0, 0.05) is 30.0 Å². The maximum absolute atomic E-state index is 12.1. The molecule has 0 unspecified atom stereocenters. The van der Waals surface area contributed by atoms with Crippen molar-refractivity contribution in [1.29, 1.82) is 0 Å². The topological polar surface area (TPSA) is 92.5 Å². The first-order valence-electron chi connectivity index (χ1n) is 6.88. The Morgan fingerprint density at radius 2 is 1.81 bits per heavy atom. The quantitative estimate of drug-likeness (QED) is 0.817. The van der Waals surface area contributed by atoms with Crippen molar-refractivity contribution in [3.8, 4) is 0 Å². The molecule has 0 saturated carbocycles. The largest absolute Gasteiger partial charge is 0.481 e. The van der Waals surface area contributed by atoms with Crippen LogP contribution in [0.4, 0.5) is 0 Å². The Balaban J connectivity index is 3.21. The molecule has 1 N–H and O–H groups in total. The molecule has 0 fully saturated rings. The van der Waals surface area contributed by atoms with Gasteiger partial charge in [0.1, 0.15) is 6.54 Å². The van der Waals surface area contributed by atoms with Gasteiger partial charge in [-0.3, -0.25) is 14.2 Å². The number of hydrogen-bond acceptors (Lipinski definition) is 4. The molecule has 0 aliphatic carbocycles. The molecule has 21 heavy (non-hydrogen) atoms. The number of aryl methyl sites for hydroxylation is 1. The van der Waals surface area contributed by atoms with Gasteiger partial charge in [0.2, 0.25) is 5.91 Å². The third-order valence-electron chi connectivity index (χ3n) is 3.51. The lowest BCUT2D eigenvalue weighted by Gasteiger charge is -2.20. The first kappa shape index (κ1) is 16.9. The number of carbonyl (C=O) groups is 2. The van der Waals surface area contributed by atoms with E-state index < -0.39 is 11.7 Å². The van der Waals surface area contributed by atoms with Crippen LogP contribution in [0, 0.1) is 13.8 Å². The Bertz CT molecular complexity index is 603. The number of amides is 1. The fourth-order valence-corrected chi connectivity index (χ4v) is 2.24. The van der Waals surface area contributed by atoms with Crippen LogP contribution in [-0.4, -0.2) is 44.5 Å². The minimum Gasteiger partial charge on any atom is -0.481 e. The molecule has 0 saturated heterocycles. The fraction of sp³-hybridized carbons (Fsp3) is 0.571. The van der Waals surface area contributed by atoms with Crippen LogP contribution in [0.3, 0.4) is 0 Å². The van der Waals surface area contributed by atoms with Crippen molar-refractivity contribution in [2.45, 2.75) is 40.7 Å². The van der Waals surface area contributed by atoms with Crippen LogP contribution in [0.5, 0.6) is 0 Å². The highest BCUT2D eigenvalue weighted by molar-refractivity contribution is 5.76. The summed E-state index contributed by atoms with van der Waals surface area (Å²) >= 11 is 0. The van der Waals surface area contributed by atoms with E-state index in [-0.39, 0.29) is 18.9 Å². The summed E-state index contributed by atoms with van der Waals surface area (Å²) in [5.74, 6) is -1.18. The normalized spacial score (nSPS) is 10.5. The third-order valence-corrected chi connectivity index (χ3v) is 3.51. The average molecular weight is 295 g/mol. The van der Waals surface area contributed by atoms with Gasteiger partial charge in [-0.15, -0.1) is 0 Å². The van der Waals surface area contributed by atoms with Crippen LogP contribution in [0.2, 0.25) is 0 Å². The van der Waals surface area contributed by atoms with Gasteiger partial charge in [-0.25, -0.2) is 4.79 Å². The Labute approximate surface area is 123 Å². The van der Waals surface area contributed by atoms with Gasteiger partial charge < -0.3 is 10.0 Å². The summed E-state index contributed by atoms with van der Waals surface area (Å²) in [6.07, 6.45) is -0.218. The second-order valence-electron chi connectivity index (χ2n) is 4.77. The summed E-state index contributed by atoms with van der Waals surface area (Å²) in [4.78, 5) is 40.4. The molecule has 0 aliphatic heterocycles. The van der Waals surface area contributed by atoms with Crippen LogP contribution in [-0.2, 0) is 22.6 Å². The number of nitrogens with zero attached hydrogens (tertiary/aromatic N) is 3. The minimum atomic E-state index is -0.997. The number of aromatic nitrogens is 2. The van der Waals surface area contributed by atoms with Gasteiger partial charge in [0.25, 0.3) is 0 Å². The van der Waals surface area contributed by atoms with E-state index in [1.165, 1.54) is 4.57 Å². The lowest BCUT2D eigenvalue weighted by molar-refractivity contribution is -0.136.